The second kappa shape index (κ2) is 7.17. The Kier molecular flexibility index (Phi) is 4.44. The number of halogens is 2. The summed E-state index contributed by atoms with van der Waals surface area (Å²) >= 11 is 0. The minimum Gasteiger partial charge on any atom is -0.343 e. The van der Waals surface area contributed by atoms with Crippen LogP contribution in [0.5, 0.6) is 0 Å². The van der Waals surface area contributed by atoms with Gasteiger partial charge in [0.1, 0.15) is 11.6 Å². The molecule has 0 bridgehead atoms. The van der Waals surface area contributed by atoms with Crippen LogP contribution in [0.3, 0.4) is 0 Å². The zero-order chi connectivity index (χ0) is 21.7. The highest BCUT2D eigenvalue weighted by Crippen LogP contribution is 2.52. The van der Waals surface area contributed by atoms with Gasteiger partial charge in [0.15, 0.2) is 5.78 Å². The van der Waals surface area contributed by atoms with Gasteiger partial charge in [-0.05, 0) is 60.0 Å². The van der Waals surface area contributed by atoms with Gasteiger partial charge in [0, 0.05) is 34.7 Å². The molecule has 3 aromatic carbocycles. The number of benzene rings is 3. The summed E-state index contributed by atoms with van der Waals surface area (Å²) in [4.78, 5) is 12.2. The van der Waals surface area contributed by atoms with E-state index in [0.717, 1.165) is 50.0 Å². The number of allylic oxidation sites excluding steroid dienone is 3. The SMILES string of the molecule is CC(=O)/C=C1/C(c2ccc(F)cc2)=C(c2ccc(F)cc2)c2c1n(C)c1ccccc21. The van der Waals surface area contributed by atoms with Gasteiger partial charge in [-0.15, -0.1) is 0 Å². The third kappa shape index (κ3) is 3.03. The molecule has 1 heterocycles. The molecule has 0 unspecified atom stereocenters. The van der Waals surface area contributed by atoms with E-state index in [4.69, 9.17) is 0 Å². The summed E-state index contributed by atoms with van der Waals surface area (Å²) in [6.45, 7) is 1.52. The van der Waals surface area contributed by atoms with Gasteiger partial charge in [-0.3, -0.25) is 4.79 Å². The number of aromatic nitrogens is 1. The van der Waals surface area contributed by atoms with E-state index in [9.17, 15) is 13.6 Å². The van der Waals surface area contributed by atoms with Crippen molar-refractivity contribution >= 4 is 33.4 Å². The molecule has 1 aliphatic carbocycles. The van der Waals surface area contributed by atoms with Gasteiger partial charge in [0.25, 0.3) is 0 Å². The van der Waals surface area contributed by atoms with Crippen molar-refractivity contribution in [1.82, 2.24) is 4.57 Å². The van der Waals surface area contributed by atoms with Crippen LogP contribution >= 0.6 is 0 Å². The molecule has 0 saturated carbocycles. The summed E-state index contributed by atoms with van der Waals surface area (Å²) in [7, 11) is 1.98. The first-order valence-corrected chi connectivity index (χ1v) is 10.0. The second-order valence-corrected chi connectivity index (χ2v) is 7.73. The number of nitrogens with zero attached hydrogens (tertiary/aromatic N) is 1. The first-order valence-electron chi connectivity index (χ1n) is 10.0. The van der Waals surface area contributed by atoms with Crippen LogP contribution in [0.4, 0.5) is 8.78 Å². The standard InChI is InChI=1S/C27H19F2NO/c1-16(31)15-22-24(17-7-11-19(28)12-8-17)25(18-9-13-20(29)14-10-18)26-21-5-3-4-6-23(21)30(2)27(22)26/h3-15H,1-2H3/b22-15-. The number of rotatable bonds is 3. The van der Waals surface area contributed by atoms with E-state index in [1.807, 2.05) is 25.2 Å². The Labute approximate surface area is 178 Å². The van der Waals surface area contributed by atoms with E-state index in [1.54, 1.807) is 30.3 Å². The molecule has 0 radical (unpaired) electrons. The van der Waals surface area contributed by atoms with Crippen molar-refractivity contribution in [2.75, 3.05) is 0 Å². The van der Waals surface area contributed by atoms with Crippen molar-refractivity contribution in [3.63, 3.8) is 0 Å². The third-order valence-electron chi connectivity index (χ3n) is 5.74. The zero-order valence-corrected chi connectivity index (χ0v) is 17.1. The molecule has 0 saturated heterocycles. The van der Waals surface area contributed by atoms with E-state index in [2.05, 4.69) is 10.6 Å². The number of hydrogen-bond acceptors (Lipinski definition) is 1. The van der Waals surface area contributed by atoms with Crippen molar-refractivity contribution in [3.8, 4) is 0 Å². The molecule has 0 aliphatic heterocycles. The van der Waals surface area contributed by atoms with Crippen LogP contribution in [0, 0.1) is 11.6 Å². The van der Waals surface area contributed by atoms with Gasteiger partial charge < -0.3 is 4.57 Å². The molecule has 2 nitrogen and oxygen atoms in total. The maximum atomic E-state index is 13.7. The molecular formula is C27H19F2NO. The summed E-state index contributed by atoms with van der Waals surface area (Å²) in [5.41, 5.74) is 7.14. The minimum absolute atomic E-state index is 0.0776. The van der Waals surface area contributed by atoms with E-state index in [1.165, 1.54) is 31.2 Å². The average Bonchev–Trinajstić information content (AvgIpc) is 3.23. The predicted molar refractivity (Wildman–Crippen MR) is 120 cm³/mol. The third-order valence-corrected chi connectivity index (χ3v) is 5.74. The lowest BCUT2D eigenvalue weighted by Crippen LogP contribution is -1.98. The van der Waals surface area contributed by atoms with Crippen LogP contribution in [-0.2, 0) is 11.8 Å². The Morgan fingerprint density at radius 2 is 1.35 bits per heavy atom. The highest BCUT2D eigenvalue weighted by molar-refractivity contribution is 6.29. The number of fused-ring (bicyclic) bond motifs is 3. The lowest BCUT2D eigenvalue weighted by Gasteiger charge is -2.13. The summed E-state index contributed by atoms with van der Waals surface area (Å²) < 4.78 is 29.5. The molecular weight excluding hydrogens is 392 g/mol. The topological polar surface area (TPSA) is 22.0 Å². The molecule has 152 valence electrons. The molecule has 0 spiro atoms. The van der Waals surface area contributed by atoms with Crippen molar-refractivity contribution in [2.45, 2.75) is 6.92 Å². The fourth-order valence-electron chi connectivity index (χ4n) is 4.51. The molecule has 0 atom stereocenters. The number of hydrogen-bond donors (Lipinski definition) is 0. The Balaban J connectivity index is 1.95. The molecule has 4 aromatic rings. The Bertz CT molecular complexity index is 1400. The normalized spacial score (nSPS) is 14.5. The fraction of sp³-hybridized carbons (Fsp3) is 0.0741. The van der Waals surface area contributed by atoms with Gasteiger partial charge in [-0.1, -0.05) is 42.5 Å². The van der Waals surface area contributed by atoms with Crippen LogP contribution in [0.25, 0.3) is 27.6 Å². The van der Waals surface area contributed by atoms with E-state index in [0.29, 0.717) is 0 Å². The van der Waals surface area contributed by atoms with Crippen LogP contribution in [0.15, 0.2) is 78.9 Å². The zero-order valence-electron chi connectivity index (χ0n) is 17.1. The van der Waals surface area contributed by atoms with Gasteiger partial charge in [0.2, 0.25) is 0 Å². The molecule has 1 aromatic heterocycles. The summed E-state index contributed by atoms with van der Waals surface area (Å²) in [6.07, 6.45) is 1.63. The van der Waals surface area contributed by atoms with Gasteiger partial charge >= 0.3 is 0 Å². The lowest BCUT2D eigenvalue weighted by molar-refractivity contribution is -0.112. The molecule has 1 aliphatic rings. The fourth-order valence-corrected chi connectivity index (χ4v) is 4.51. The Hall–Kier alpha value is -3.79. The molecule has 0 N–H and O–H groups in total. The summed E-state index contributed by atoms with van der Waals surface area (Å²) in [5, 5.41) is 1.05. The number of para-hydroxylation sites is 1. The largest absolute Gasteiger partial charge is 0.343 e. The first-order chi connectivity index (χ1) is 15.0. The average molecular weight is 411 g/mol. The molecule has 31 heavy (non-hydrogen) atoms. The number of carbonyl (C=O) groups is 1. The Morgan fingerprint density at radius 1 is 0.806 bits per heavy atom. The van der Waals surface area contributed by atoms with Crippen LogP contribution in [0.2, 0.25) is 0 Å². The van der Waals surface area contributed by atoms with E-state index >= 15 is 0 Å². The minimum atomic E-state index is -0.328. The van der Waals surface area contributed by atoms with Crippen molar-refractivity contribution in [2.24, 2.45) is 7.05 Å². The predicted octanol–water partition coefficient (Wildman–Crippen LogP) is 6.40. The number of aryl methyl sites for hydroxylation is 1. The van der Waals surface area contributed by atoms with Crippen molar-refractivity contribution in [1.29, 1.82) is 0 Å². The number of carbonyl (C=O) groups excluding carboxylic acids is 1. The number of ketones is 1. The van der Waals surface area contributed by atoms with Gasteiger partial charge in [-0.2, -0.15) is 0 Å². The van der Waals surface area contributed by atoms with E-state index < -0.39 is 0 Å². The molecule has 4 heteroatoms. The monoisotopic (exact) mass is 411 g/mol. The molecule has 5 rings (SSSR count). The lowest BCUT2D eigenvalue weighted by atomic mass is 9.91. The molecule has 0 fully saturated rings. The maximum absolute atomic E-state index is 13.7. The quantitative estimate of drug-likeness (QED) is 0.358. The molecule has 0 amide bonds. The highest BCUT2D eigenvalue weighted by atomic mass is 19.1. The van der Waals surface area contributed by atoms with Gasteiger partial charge in [-0.25, -0.2) is 8.78 Å². The van der Waals surface area contributed by atoms with E-state index in [-0.39, 0.29) is 17.4 Å². The van der Waals surface area contributed by atoms with Crippen LogP contribution < -0.4 is 0 Å². The van der Waals surface area contributed by atoms with Crippen molar-refractivity contribution < 1.29 is 13.6 Å². The highest BCUT2D eigenvalue weighted by Gasteiger charge is 2.33. The second-order valence-electron chi connectivity index (χ2n) is 7.73. The smallest absolute Gasteiger partial charge is 0.153 e. The Morgan fingerprint density at radius 3 is 1.94 bits per heavy atom. The summed E-state index contributed by atoms with van der Waals surface area (Å²) in [5.74, 6) is -0.722. The summed E-state index contributed by atoms with van der Waals surface area (Å²) in [6, 6.07) is 20.7. The van der Waals surface area contributed by atoms with Crippen LogP contribution in [0.1, 0.15) is 29.3 Å². The first kappa shape index (κ1) is 19.2. The maximum Gasteiger partial charge on any atom is 0.153 e. The van der Waals surface area contributed by atoms with Crippen LogP contribution in [-0.4, -0.2) is 10.4 Å². The van der Waals surface area contributed by atoms with Gasteiger partial charge in [0.05, 0.1) is 5.69 Å². The van der Waals surface area contributed by atoms with Crippen molar-refractivity contribution in [3.05, 3.63) is 113 Å².